The maximum Gasteiger partial charge on any atom is 0.177 e. The maximum absolute atomic E-state index is 11.6. The van der Waals surface area contributed by atoms with Gasteiger partial charge in [0, 0.05) is 12.1 Å². The van der Waals surface area contributed by atoms with Crippen LogP contribution in [0.4, 0.5) is 5.69 Å². The molecule has 0 spiro atoms. The summed E-state index contributed by atoms with van der Waals surface area (Å²) in [7, 11) is 0. The maximum atomic E-state index is 11.6. The fraction of sp³-hybridized carbons (Fsp3) is 0.500. The topological polar surface area (TPSA) is 29.5 Å². The second-order valence-electron chi connectivity index (χ2n) is 5.12. The molecule has 0 unspecified atom stereocenters. The Kier molecular flexibility index (Phi) is 3.53. The van der Waals surface area contributed by atoms with Gasteiger partial charge in [0.1, 0.15) is 11.4 Å². The van der Waals surface area contributed by atoms with Crippen LogP contribution in [0.2, 0.25) is 0 Å². The molecule has 0 aromatic heterocycles. The number of anilines is 1. The third kappa shape index (κ3) is 2.46. The number of ether oxygens (including phenoxy) is 1. The van der Waals surface area contributed by atoms with Crippen LogP contribution in [0.3, 0.4) is 0 Å². The normalized spacial score (nSPS) is 17.0. The fourth-order valence-corrected chi connectivity index (χ4v) is 2.41. The number of carbonyl (C=O) groups is 1. The van der Waals surface area contributed by atoms with E-state index in [0.717, 1.165) is 24.5 Å². The Morgan fingerprint density at radius 1 is 1.50 bits per heavy atom. The Morgan fingerprint density at radius 3 is 2.83 bits per heavy atom. The molecule has 1 aliphatic heterocycles. The van der Waals surface area contributed by atoms with Crippen molar-refractivity contribution in [2.75, 3.05) is 23.9 Å². The lowest BCUT2D eigenvalue weighted by Gasteiger charge is -2.40. The summed E-state index contributed by atoms with van der Waals surface area (Å²) in [6.45, 7) is 7.93. The number of Topliss-reactive ketones (excluding diaryl/α,β-unsaturated/α-hetero) is 1. The van der Waals surface area contributed by atoms with Crippen molar-refractivity contribution in [2.45, 2.75) is 26.4 Å². The van der Waals surface area contributed by atoms with Gasteiger partial charge in [-0.25, -0.2) is 0 Å². The standard InChI is InChI=1S/C14H18ClNO2/c1-4-16-9-14(2,3)18-13-6-5-10(7-11(13)16)12(17)8-15/h5-7H,4,8-9H2,1-3H3. The van der Waals surface area contributed by atoms with Gasteiger partial charge < -0.3 is 9.64 Å². The first-order valence-electron chi connectivity index (χ1n) is 6.14. The van der Waals surface area contributed by atoms with E-state index in [9.17, 15) is 4.79 Å². The summed E-state index contributed by atoms with van der Waals surface area (Å²) >= 11 is 5.59. The largest absolute Gasteiger partial charge is 0.484 e. The van der Waals surface area contributed by atoms with Gasteiger partial charge in [-0.15, -0.1) is 11.6 Å². The second-order valence-corrected chi connectivity index (χ2v) is 5.38. The summed E-state index contributed by atoms with van der Waals surface area (Å²) in [6, 6.07) is 5.51. The molecule has 0 fully saturated rings. The highest BCUT2D eigenvalue weighted by Crippen LogP contribution is 2.37. The average Bonchev–Trinajstić information content (AvgIpc) is 2.35. The third-order valence-electron chi connectivity index (χ3n) is 3.08. The number of nitrogens with zero attached hydrogens (tertiary/aromatic N) is 1. The Morgan fingerprint density at radius 2 is 2.22 bits per heavy atom. The summed E-state index contributed by atoms with van der Waals surface area (Å²) in [4.78, 5) is 13.9. The van der Waals surface area contributed by atoms with Crippen LogP contribution in [-0.2, 0) is 0 Å². The number of likely N-dealkylation sites (N-methyl/N-ethyl adjacent to an activating group) is 1. The van der Waals surface area contributed by atoms with E-state index in [1.54, 1.807) is 6.07 Å². The minimum atomic E-state index is -0.207. The predicted octanol–water partition coefficient (Wildman–Crippen LogP) is 3.11. The van der Waals surface area contributed by atoms with Gasteiger partial charge in [-0.1, -0.05) is 0 Å². The van der Waals surface area contributed by atoms with Crippen LogP contribution in [0.5, 0.6) is 5.75 Å². The molecule has 0 radical (unpaired) electrons. The highest BCUT2D eigenvalue weighted by atomic mass is 35.5. The number of ketones is 1. The molecule has 0 saturated heterocycles. The smallest absolute Gasteiger partial charge is 0.177 e. The molecule has 1 heterocycles. The van der Waals surface area contributed by atoms with Crippen molar-refractivity contribution in [3.05, 3.63) is 23.8 Å². The van der Waals surface area contributed by atoms with Crippen LogP contribution >= 0.6 is 11.6 Å². The molecule has 2 rings (SSSR count). The number of halogens is 1. The van der Waals surface area contributed by atoms with Crippen molar-refractivity contribution >= 4 is 23.1 Å². The highest BCUT2D eigenvalue weighted by Gasteiger charge is 2.31. The van der Waals surface area contributed by atoms with E-state index in [1.807, 2.05) is 12.1 Å². The average molecular weight is 268 g/mol. The first-order chi connectivity index (χ1) is 8.46. The van der Waals surface area contributed by atoms with E-state index in [2.05, 4.69) is 25.7 Å². The number of rotatable bonds is 3. The number of carbonyl (C=O) groups excluding carboxylic acids is 1. The van der Waals surface area contributed by atoms with E-state index in [1.165, 1.54) is 0 Å². The molecule has 4 heteroatoms. The first-order valence-corrected chi connectivity index (χ1v) is 6.67. The van der Waals surface area contributed by atoms with Crippen molar-refractivity contribution in [3.8, 4) is 5.75 Å². The Balaban J connectivity index is 2.42. The summed E-state index contributed by atoms with van der Waals surface area (Å²) in [5, 5.41) is 0. The molecule has 0 saturated carbocycles. The SMILES string of the molecule is CCN1CC(C)(C)Oc2ccc(C(=O)CCl)cc21. The zero-order valence-electron chi connectivity index (χ0n) is 11.0. The molecule has 3 nitrogen and oxygen atoms in total. The van der Waals surface area contributed by atoms with Crippen LogP contribution in [0.15, 0.2) is 18.2 Å². The van der Waals surface area contributed by atoms with Crippen molar-refractivity contribution in [1.29, 1.82) is 0 Å². The molecular weight excluding hydrogens is 250 g/mol. The molecule has 1 aromatic rings. The van der Waals surface area contributed by atoms with E-state index >= 15 is 0 Å². The van der Waals surface area contributed by atoms with Gasteiger partial charge in [-0.05, 0) is 39.0 Å². The monoisotopic (exact) mass is 267 g/mol. The Hall–Kier alpha value is -1.22. The molecule has 0 N–H and O–H groups in total. The van der Waals surface area contributed by atoms with E-state index in [4.69, 9.17) is 16.3 Å². The number of hydrogen-bond acceptors (Lipinski definition) is 3. The van der Waals surface area contributed by atoms with Gasteiger partial charge in [-0.2, -0.15) is 0 Å². The lowest BCUT2D eigenvalue weighted by atomic mass is 10.0. The number of fused-ring (bicyclic) bond motifs is 1. The van der Waals surface area contributed by atoms with E-state index < -0.39 is 0 Å². The lowest BCUT2D eigenvalue weighted by Crippen LogP contribution is -2.46. The second kappa shape index (κ2) is 4.81. The summed E-state index contributed by atoms with van der Waals surface area (Å²) in [6.07, 6.45) is 0. The predicted molar refractivity (Wildman–Crippen MR) is 74.1 cm³/mol. The quantitative estimate of drug-likeness (QED) is 0.623. The van der Waals surface area contributed by atoms with Crippen LogP contribution in [0, 0.1) is 0 Å². The van der Waals surface area contributed by atoms with Crippen LogP contribution in [0.1, 0.15) is 31.1 Å². The Bertz CT molecular complexity index is 471. The number of hydrogen-bond donors (Lipinski definition) is 0. The summed E-state index contributed by atoms with van der Waals surface area (Å²) in [5.41, 5.74) is 1.42. The highest BCUT2D eigenvalue weighted by molar-refractivity contribution is 6.30. The Labute approximate surface area is 113 Å². The van der Waals surface area contributed by atoms with E-state index in [-0.39, 0.29) is 17.3 Å². The fourth-order valence-electron chi connectivity index (χ4n) is 2.26. The van der Waals surface area contributed by atoms with Crippen LogP contribution < -0.4 is 9.64 Å². The lowest BCUT2D eigenvalue weighted by molar-refractivity contribution is 0.101. The van der Waals surface area contributed by atoms with Crippen molar-refractivity contribution in [3.63, 3.8) is 0 Å². The zero-order valence-corrected chi connectivity index (χ0v) is 11.8. The molecular formula is C14H18ClNO2. The first kappa shape index (κ1) is 13.2. The molecule has 98 valence electrons. The molecule has 0 aliphatic carbocycles. The summed E-state index contributed by atoms with van der Waals surface area (Å²) < 4.78 is 5.93. The minimum absolute atomic E-state index is 0.0112. The van der Waals surface area contributed by atoms with Crippen LogP contribution in [-0.4, -0.2) is 30.4 Å². The van der Waals surface area contributed by atoms with Gasteiger partial charge in [0.15, 0.2) is 5.78 Å². The van der Waals surface area contributed by atoms with Gasteiger partial charge in [0.05, 0.1) is 18.1 Å². The van der Waals surface area contributed by atoms with Crippen molar-refractivity contribution < 1.29 is 9.53 Å². The molecule has 0 amide bonds. The number of alkyl halides is 1. The minimum Gasteiger partial charge on any atom is -0.484 e. The van der Waals surface area contributed by atoms with Gasteiger partial charge >= 0.3 is 0 Å². The summed E-state index contributed by atoms with van der Waals surface area (Å²) in [5.74, 6) is 0.789. The van der Waals surface area contributed by atoms with Gasteiger partial charge in [0.2, 0.25) is 0 Å². The molecule has 0 atom stereocenters. The van der Waals surface area contributed by atoms with Gasteiger partial charge in [0.25, 0.3) is 0 Å². The zero-order chi connectivity index (χ0) is 13.3. The molecule has 0 bridgehead atoms. The van der Waals surface area contributed by atoms with Crippen molar-refractivity contribution in [1.82, 2.24) is 0 Å². The van der Waals surface area contributed by atoms with Gasteiger partial charge in [-0.3, -0.25) is 4.79 Å². The molecule has 18 heavy (non-hydrogen) atoms. The molecule has 1 aliphatic rings. The molecule has 1 aromatic carbocycles. The van der Waals surface area contributed by atoms with E-state index in [0.29, 0.717) is 5.56 Å². The van der Waals surface area contributed by atoms with Crippen LogP contribution in [0.25, 0.3) is 0 Å². The number of benzene rings is 1. The van der Waals surface area contributed by atoms with Crippen molar-refractivity contribution in [2.24, 2.45) is 0 Å². The third-order valence-corrected chi connectivity index (χ3v) is 3.33.